The van der Waals surface area contributed by atoms with Crippen molar-refractivity contribution in [2.75, 3.05) is 0 Å². The highest BCUT2D eigenvalue weighted by atomic mass is 35.5. The van der Waals surface area contributed by atoms with Crippen LogP contribution in [-0.2, 0) is 6.42 Å². The Morgan fingerprint density at radius 2 is 0.828 bits per heavy atom. The van der Waals surface area contributed by atoms with E-state index in [-0.39, 0.29) is 0 Å². The van der Waals surface area contributed by atoms with Gasteiger partial charge in [-0.3, -0.25) is 0 Å². The van der Waals surface area contributed by atoms with Crippen LogP contribution in [0, 0.1) is 0 Å². The van der Waals surface area contributed by atoms with Crippen molar-refractivity contribution in [3.8, 4) is 77.9 Å². The SMILES string of the molecule is Clc1ccccc1-c1c2c(c(-c3ccccc3Cl)c3c1[nH]c1ccc(-c4ccccc4-c4ccccc4)cc13)Cc1ccc(-c3ccccc3-c3ccccc3)cc1-2. The van der Waals surface area contributed by atoms with Crippen LogP contribution >= 0.6 is 23.2 Å². The highest BCUT2D eigenvalue weighted by molar-refractivity contribution is 6.36. The Morgan fingerprint density at radius 3 is 1.40 bits per heavy atom. The van der Waals surface area contributed by atoms with Gasteiger partial charge in [0.05, 0.1) is 5.52 Å². The van der Waals surface area contributed by atoms with E-state index < -0.39 is 0 Å². The largest absolute Gasteiger partial charge is 0.354 e. The lowest BCUT2D eigenvalue weighted by Gasteiger charge is -2.19. The minimum atomic E-state index is 0.714. The number of hydrogen-bond acceptors (Lipinski definition) is 0. The topological polar surface area (TPSA) is 15.8 Å². The first kappa shape index (κ1) is 34.6. The van der Waals surface area contributed by atoms with Crippen molar-refractivity contribution < 1.29 is 0 Å². The second kappa shape index (κ2) is 14.1. The van der Waals surface area contributed by atoms with E-state index in [1.54, 1.807) is 0 Å². The molecule has 1 N–H and O–H groups in total. The third-order valence-corrected chi connectivity index (χ3v) is 12.5. The van der Waals surface area contributed by atoms with Gasteiger partial charge in [0.2, 0.25) is 0 Å². The zero-order chi connectivity index (χ0) is 38.7. The van der Waals surface area contributed by atoms with Gasteiger partial charge in [0, 0.05) is 43.0 Å². The molecule has 0 atom stereocenters. The first-order valence-corrected chi connectivity index (χ1v) is 20.4. The predicted octanol–water partition coefficient (Wildman–Crippen LogP) is 16.2. The van der Waals surface area contributed by atoms with Crippen molar-refractivity contribution in [2.24, 2.45) is 0 Å². The molecule has 1 aromatic heterocycles. The van der Waals surface area contributed by atoms with Gasteiger partial charge in [-0.1, -0.05) is 187 Å². The summed E-state index contributed by atoms with van der Waals surface area (Å²) in [7, 11) is 0. The number of H-pyrrole nitrogens is 1. The van der Waals surface area contributed by atoms with Crippen molar-refractivity contribution in [1.82, 2.24) is 4.98 Å². The molecule has 0 unspecified atom stereocenters. The van der Waals surface area contributed by atoms with Gasteiger partial charge in [-0.25, -0.2) is 0 Å². The van der Waals surface area contributed by atoms with Crippen molar-refractivity contribution in [3.05, 3.63) is 215 Å². The fourth-order valence-electron chi connectivity index (χ4n) is 9.26. The van der Waals surface area contributed by atoms with Gasteiger partial charge in [-0.05, 0) is 109 Å². The Kier molecular flexibility index (Phi) is 8.40. The van der Waals surface area contributed by atoms with E-state index in [1.807, 2.05) is 24.3 Å². The van der Waals surface area contributed by atoms with E-state index in [1.165, 1.54) is 61.2 Å². The number of benzene rings is 9. The first-order chi connectivity index (χ1) is 28.6. The van der Waals surface area contributed by atoms with Gasteiger partial charge >= 0.3 is 0 Å². The number of halogens is 2. The summed E-state index contributed by atoms with van der Waals surface area (Å²) >= 11 is 14.5. The summed E-state index contributed by atoms with van der Waals surface area (Å²) in [5, 5.41) is 3.74. The molecule has 9 aromatic carbocycles. The van der Waals surface area contributed by atoms with Gasteiger partial charge in [-0.15, -0.1) is 0 Å². The molecule has 0 spiro atoms. The molecule has 0 saturated carbocycles. The molecule has 0 aliphatic heterocycles. The zero-order valence-electron chi connectivity index (χ0n) is 31.4. The molecule has 1 heterocycles. The second-order valence-electron chi connectivity index (χ2n) is 15.1. The van der Waals surface area contributed by atoms with Crippen molar-refractivity contribution >= 4 is 45.0 Å². The van der Waals surface area contributed by atoms with Gasteiger partial charge < -0.3 is 4.98 Å². The summed E-state index contributed by atoms with van der Waals surface area (Å²) in [6.45, 7) is 0. The van der Waals surface area contributed by atoms with Gasteiger partial charge in [-0.2, -0.15) is 0 Å². The lowest BCUT2D eigenvalue weighted by molar-refractivity contribution is 1.27. The Labute approximate surface area is 347 Å². The van der Waals surface area contributed by atoms with Crippen LogP contribution in [0.2, 0.25) is 10.0 Å². The third kappa shape index (κ3) is 5.62. The predicted molar refractivity (Wildman–Crippen MR) is 247 cm³/mol. The Morgan fingerprint density at radius 1 is 0.362 bits per heavy atom. The lowest BCUT2D eigenvalue weighted by Crippen LogP contribution is -1.95. The maximum atomic E-state index is 7.24. The molecular formula is C55H35Cl2N. The fraction of sp³-hybridized carbons (Fsp3) is 0.0182. The van der Waals surface area contributed by atoms with Crippen LogP contribution in [0.25, 0.3) is 99.7 Å². The lowest BCUT2D eigenvalue weighted by atomic mass is 9.84. The van der Waals surface area contributed by atoms with Crippen LogP contribution in [0.5, 0.6) is 0 Å². The second-order valence-corrected chi connectivity index (χ2v) is 15.9. The van der Waals surface area contributed by atoms with Crippen molar-refractivity contribution in [3.63, 3.8) is 0 Å². The van der Waals surface area contributed by atoms with Crippen LogP contribution in [0.3, 0.4) is 0 Å². The van der Waals surface area contributed by atoms with E-state index in [4.69, 9.17) is 23.2 Å². The molecule has 11 rings (SSSR count). The van der Waals surface area contributed by atoms with Crippen LogP contribution in [0.15, 0.2) is 194 Å². The molecule has 10 aromatic rings. The number of aromatic amines is 1. The molecule has 0 fully saturated rings. The normalized spacial score (nSPS) is 11.9. The van der Waals surface area contributed by atoms with E-state index in [2.05, 4.69) is 175 Å². The third-order valence-electron chi connectivity index (χ3n) is 11.8. The number of fused-ring (bicyclic) bond motifs is 6. The van der Waals surface area contributed by atoms with E-state index in [0.29, 0.717) is 5.02 Å². The van der Waals surface area contributed by atoms with Gasteiger partial charge in [0.15, 0.2) is 0 Å². The molecule has 58 heavy (non-hydrogen) atoms. The van der Waals surface area contributed by atoms with Crippen LogP contribution < -0.4 is 0 Å². The summed E-state index contributed by atoms with van der Waals surface area (Å²) in [5.74, 6) is 0. The first-order valence-electron chi connectivity index (χ1n) is 19.7. The van der Waals surface area contributed by atoms with E-state index >= 15 is 0 Å². The molecule has 0 bridgehead atoms. The molecule has 1 nitrogen and oxygen atoms in total. The smallest absolute Gasteiger partial charge is 0.0557 e. The molecule has 0 radical (unpaired) electrons. The fourth-order valence-corrected chi connectivity index (χ4v) is 9.72. The Balaban J connectivity index is 1.23. The average molecular weight is 781 g/mol. The van der Waals surface area contributed by atoms with Crippen LogP contribution in [-0.4, -0.2) is 4.98 Å². The standard InChI is InChI=1S/C55H35Cl2N/c56-48-25-13-11-23-43(48)51-47-33-38-28-27-36(41-21-9-7-19-39(41)34-15-3-1-4-16-34)31-45(38)52(47)53(44-24-12-14-26-49(44)57)55-54(51)46-32-37(29-30-50(46)58-55)42-22-10-8-20-40(42)35-17-5-2-6-18-35/h1-32,58H,33H2. The Hall–Kier alpha value is -6.64. The summed E-state index contributed by atoms with van der Waals surface area (Å²) in [5.41, 5.74) is 20.9. The minimum absolute atomic E-state index is 0.714. The van der Waals surface area contributed by atoms with Crippen LogP contribution in [0.1, 0.15) is 11.1 Å². The summed E-state index contributed by atoms with van der Waals surface area (Å²) in [4.78, 5) is 3.96. The van der Waals surface area contributed by atoms with Gasteiger partial charge in [0.25, 0.3) is 0 Å². The number of rotatable bonds is 6. The molecule has 1 aliphatic carbocycles. The van der Waals surface area contributed by atoms with Crippen molar-refractivity contribution in [1.29, 1.82) is 0 Å². The zero-order valence-corrected chi connectivity index (χ0v) is 33.0. The summed E-state index contributed by atoms with van der Waals surface area (Å²) in [6.07, 6.45) is 0.766. The highest BCUT2D eigenvalue weighted by Crippen LogP contribution is 2.55. The molecular weight excluding hydrogens is 746 g/mol. The average Bonchev–Trinajstić information content (AvgIpc) is 3.85. The molecule has 3 heteroatoms. The molecule has 274 valence electrons. The monoisotopic (exact) mass is 779 g/mol. The quantitative estimate of drug-likeness (QED) is 0.173. The molecule has 0 saturated heterocycles. The van der Waals surface area contributed by atoms with Gasteiger partial charge in [0.1, 0.15) is 0 Å². The maximum absolute atomic E-state index is 7.24. The Bertz CT molecular complexity index is 3210. The van der Waals surface area contributed by atoms with E-state index in [0.717, 1.165) is 61.1 Å². The highest BCUT2D eigenvalue weighted by Gasteiger charge is 2.32. The molecule has 0 amide bonds. The number of hydrogen-bond donors (Lipinski definition) is 1. The number of nitrogens with one attached hydrogen (secondary N) is 1. The van der Waals surface area contributed by atoms with Crippen molar-refractivity contribution in [2.45, 2.75) is 6.42 Å². The van der Waals surface area contributed by atoms with Crippen LogP contribution in [0.4, 0.5) is 0 Å². The summed E-state index contributed by atoms with van der Waals surface area (Å²) < 4.78 is 0. The number of aromatic nitrogens is 1. The maximum Gasteiger partial charge on any atom is 0.0557 e. The molecule has 1 aliphatic rings. The minimum Gasteiger partial charge on any atom is -0.354 e. The van der Waals surface area contributed by atoms with E-state index in [9.17, 15) is 0 Å². The summed E-state index contributed by atoms with van der Waals surface area (Å²) in [6, 6.07) is 69.1.